The van der Waals surface area contributed by atoms with Gasteiger partial charge in [0, 0.05) is 38.6 Å². The Kier molecular flexibility index (Phi) is 5.30. The average molecular weight is 355 g/mol. The van der Waals surface area contributed by atoms with E-state index < -0.39 is 17.2 Å². The Morgan fingerprint density at radius 2 is 1.92 bits per heavy atom. The van der Waals surface area contributed by atoms with Crippen molar-refractivity contribution in [3.05, 3.63) is 58.0 Å². The van der Waals surface area contributed by atoms with Crippen molar-refractivity contribution in [3.63, 3.8) is 0 Å². The molecule has 0 spiro atoms. The number of carbonyl (C=O) groups excluding carboxylic acids is 1. The number of hydrogen-bond donors (Lipinski definition) is 2. The van der Waals surface area contributed by atoms with E-state index in [9.17, 15) is 14.7 Å². The van der Waals surface area contributed by atoms with Gasteiger partial charge in [0.25, 0.3) is 11.5 Å². The largest absolute Gasteiger partial charge is 0.502 e. The third-order valence-corrected chi connectivity index (χ3v) is 5.04. The van der Waals surface area contributed by atoms with E-state index in [1.807, 2.05) is 18.2 Å². The van der Waals surface area contributed by atoms with Gasteiger partial charge in [-0.15, -0.1) is 0 Å². The maximum atomic E-state index is 12.4. The third-order valence-electron chi connectivity index (χ3n) is 5.04. The number of aromatic nitrogens is 1. The first-order chi connectivity index (χ1) is 12.5. The number of aryl methyl sites for hydroxylation is 1. The smallest absolute Gasteiger partial charge is 0.293 e. The minimum absolute atomic E-state index is 0.00243. The fourth-order valence-electron chi connectivity index (χ4n) is 3.29. The van der Waals surface area contributed by atoms with Crippen molar-refractivity contribution in [2.45, 2.75) is 26.3 Å². The summed E-state index contributed by atoms with van der Waals surface area (Å²) in [6.07, 6.45) is 3.81. The number of para-hydroxylation sites is 1. The highest BCUT2D eigenvalue weighted by Gasteiger charge is 2.19. The van der Waals surface area contributed by atoms with Crippen LogP contribution < -0.4 is 15.8 Å². The number of nitrogens with zero attached hydrogens (tertiary/aromatic N) is 2. The second-order valence-corrected chi connectivity index (χ2v) is 6.98. The fraction of sp³-hybridized carbons (Fsp3) is 0.400. The molecule has 1 aromatic heterocycles. The predicted octanol–water partition coefficient (Wildman–Crippen LogP) is 2.26. The van der Waals surface area contributed by atoms with Crippen LogP contribution in [-0.4, -0.2) is 28.7 Å². The molecule has 0 aliphatic carbocycles. The van der Waals surface area contributed by atoms with Gasteiger partial charge in [0.2, 0.25) is 0 Å². The highest BCUT2D eigenvalue weighted by atomic mass is 16.3. The maximum Gasteiger partial charge on any atom is 0.293 e. The van der Waals surface area contributed by atoms with Gasteiger partial charge < -0.3 is 19.9 Å². The molecule has 1 saturated heterocycles. The Morgan fingerprint density at radius 1 is 1.23 bits per heavy atom. The fourth-order valence-corrected chi connectivity index (χ4v) is 3.29. The minimum atomic E-state index is -0.583. The molecule has 1 aromatic carbocycles. The van der Waals surface area contributed by atoms with Gasteiger partial charge in [-0.2, -0.15) is 0 Å². The van der Waals surface area contributed by atoms with E-state index in [0.717, 1.165) is 30.3 Å². The van der Waals surface area contributed by atoms with Crippen molar-refractivity contribution in [1.29, 1.82) is 0 Å². The Hall–Kier alpha value is -2.76. The summed E-state index contributed by atoms with van der Waals surface area (Å²) in [6, 6.07) is 9.48. The molecule has 0 saturated carbocycles. The number of pyridine rings is 1. The molecule has 2 N–H and O–H groups in total. The zero-order valence-electron chi connectivity index (χ0n) is 15.2. The molecule has 2 aromatic rings. The number of rotatable bonds is 4. The summed E-state index contributed by atoms with van der Waals surface area (Å²) < 4.78 is 1.23. The molecule has 2 heterocycles. The van der Waals surface area contributed by atoms with Crippen LogP contribution in [0.4, 0.5) is 5.69 Å². The SMILES string of the molecule is CC1CCN(c2ccccc2CNC(=O)c2ccn(C)c(=O)c2O)CC1. The van der Waals surface area contributed by atoms with Crippen molar-refractivity contribution in [2.75, 3.05) is 18.0 Å². The predicted molar refractivity (Wildman–Crippen MR) is 102 cm³/mol. The van der Waals surface area contributed by atoms with Crippen LogP contribution in [0.1, 0.15) is 35.7 Å². The summed E-state index contributed by atoms with van der Waals surface area (Å²) in [4.78, 5) is 26.5. The van der Waals surface area contributed by atoms with Crippen molar-refractivity contribution >= 4 is 11.6 Å². The van der Waals surface area contributed by atoms with Gasteiger partial charge in [-0.3, -0.25) is 9.59 Å². The molecule has 138 valence electrons. The molecule has 6 nitrogen and oxygen atoms in total. The van der Waals surface area contributed by atoms with Crippen LogP contribution >= 0.6 is 0 Å². The van der Waals surface area contributed by atoms with E-state index in [4.69, 9.17) is 0 Å². The monoisotopic (exact) mass is 355 g/mol. The molecule has 1 amide bonds. The number of carbonyl (C=O) groups is 1. The Labute approximate surface area is 153 Å². The number of benzene rings is 1. The number of anilines is 1. The topological polar surface area (TPSA) is 74.6 Å². The van der Waals surface area contributed by atoms with Gasteiger partial charge in [-0.25, -0.2) is 0 Å². The number of nitrogens with one attached hydrogen (secondary N) is 1. The first-order valence-corrected chi connectivity index (χ1v) is 8.97. The number of piperidine rings is 1. The highest BCUT2D eigenvalue weighted by Crippen LogP contribution is 2.26. The van der Waals surface area contributed by atoms with E-state index >= 15 is 0 Å². The summed E-state index contributed by atoms with van der Waals surface area (Å²) in [5.74, 6) is -0.227. The van der Waals surface area contributed by atoms with E-state index in [2.05, 4.69) is 23.2 Å². The maximum absolute atomic E-state index is 12.4. The first kappa shape index (κ1) is 18.0. The van der Waals surface area contributed by atoms with E-state index in [1.165, 1.54) is 36.7 Å². The van der Waals surface area contributed by atoms with Gasteiger partial charge in [0.05, 0.1) is 5.56 Å². The van der Waals surface area contributed by atoms with Crippen LogP contribution in [0.5, 0.6) is 5.75 Å². The van der Waals surface area contributed by atoms with Crippen molar-refractivity contribution in [2.24, 2.45) is 13.0 Å². The molecule has 1 aliphatic heterocycles. The zero-order valence-corrected chi connectivity index (χ0v) is 15.2. The number of amides is 1. The second kappa shape index (κ2) is 7.64. The molecule has 26 heavy (non-hydrogen) atoms. The van der Waals surface area contributed by atoms with Crippen LogP contribution in [-0.2, 0) is 13.6 Å². The third kappa shape index (κ3) is 3.74. The summed E-state index contributed by atoms with van der Waals surface area (Å²) >= 11 is 0. The summed E-state index contributed by atoms with van der Waals surface area (Å²) in [5, 5.41) is 12.7. The molecular weight excluding hydrogens is 330 g/mol. The van der Waals surface area contributed by atoms with E-state index in [0.29, 0.717) is 6.54 Å². The zero-order chi connectivity index (χ0) is 18.7. The molecule has 6 heteroatoms. The van der Waals surface area contributed by atoms with E-state index in [1.54, 1.807) is 0 Å². The number of hydrogen-bond acceptors (Lipinski definition) is 4. The first-order valence-electron chi connectivity index (χ1n) is 8.97. The molecule has 0 radical (unpaired) electrons. The molecular formula is C20H25N3O3. The quantitative estimate of drug-likeness (QED) is 0.882. The van der Waals surface area contributed by atoms with Crippen LogP contribution in [0.2, 0.25) is 0 Å². The molecule has 0 unspecified atom stereocenters. The van der Waals surface area contributed by atoms with Gasteiger partial charge in [-0.05, 0) is 36.5 Å². The molecule has 0 atom stereocenters. The minimum Gasteiger partial charge on any atom is -0.502 e. The Bertz CT molecular complexity index is 852. The molecule has 0 bridgehead atoms. The van der Waals surface area contributed by atoms with Crippen LogP contribution in [0, 0.1) is 5.92 Å². The van der Waals surface area contributed by atoms with Gasteiger partial charge >= 0.3 is 0 Å². The van der Waals surface area contributed by atoms with Crippen molar-refractivity contribution < 1.29 is 9.90 Å². The second-order valence-electron chi connectivity index (χ2n) is 6.98. The summed E-state index contributed by atoms with van der Waals surface area (Å²) in [7, 11) is 1.53. The normalized spacial score (nSPS) is 15.1. The summed E-state index contributed by atoms with van der Waals surface area (Å²) in [5.41, 5.74) is 1.57. The average Bonchev–Trinajstić information content (AvgIpc) is 2.65. The molecule has 3 rings (SSSR count). The standard InChI is InChI=1S/C20H25N3O3/c1-14-7-11-23(12-8-14)17-6-4-3-5-15(17)13-21-19(25)16-9-10-22(2)20(26)18(16)24/h3-6,9-10,14,24H,7-8,11-13H2,1-2H3,(H,21,25). The van der Waals surface area contributed by atoms with E-state index in [-0.39, 0.29) is 5.56 Å². The van der Waals surface area contributed by atoms with Gasteiger partial charge in [0.1, 0.15) is 0 Å². The molecule has 1 aliphatic rings. The number of aromatic hydroxyl groups is 1. The lowest BCUT2D eigenvalue weighted by molar-refractivity contribution is 0.0948. The van der Waals surface area contributed by atoms with Crippen molar-refractivity contribution in [3.8, 4) is 5.75 Å². The van der Waals surface area contributed by atoms with Gasteiger partial charge in [-0.1, -0.05) is 25.1 Å². The molecule has 1 fully saturated rings. The Balaban J connectivity index is 1.73. The van der Waals surface area contributed by atoms with Crippen LogP contribution in [0.15, 0.2) is 41.3 Å². The lowest BCUT2D eigenvalue weighted by Gasteiger charge is -2.33. The highest BCUT2D eigenvalue weighted by molar-refractivity contribution is 5.96. The van der Waals surface area contributed by atoms with Crippen LogP contribution in [0.25, 0.3) is 0 Å². The van der Waals surface area contributed by atoms with Crippen molar-refractivity contribution in [1.82, 2.24) is 9.88 Å². The Morgan fingerprint density at radius 3 is 2.65 bits per heavy atom. The van der Waals surface area contributed by atoms with Crippen LogP contribution in [0.3, 0.4) is 0 Å². The summed E-state index contributed by atoms with van der Waals surface area (Å²) in [6.45, 7) is 4.65. The lowest BCUT2D eigenvalue weighted by Crippen LogP contribution is -2.34. The van der Waals surface area contributed by atoms with Gasteiger partial charge in [0.15, 0.2) is 5.75 Å². The lowest BCUT2D eigenvalue weighted by atomic mass is 9.98.